The molecule has 4 rings (SSSR count). The van der Waals surface area contributed by atoms with E-state index in [0.29, 0.717) is 23.7 Å². The number of hydrogen-bond donors (Lipinski definition) is 2. The third kappa shape index (κ3) is 2.27. The third-order valence-corrected chi connectivity index (χ3v) is 6.40. The number of nitrogens with one attached hydrogen (secondary N) is 1. The lowest BCUT2D eigenvalue weighted by Crippen LogP contribution is -2.61. The lowest BCUT2D eigenvalue weighted by atomic mass is 9.44. The molecule has 4 bridgehead atoms. The first-order valence-electron chi connectivity index (χ1n) is 8.26. The van der Waals surface area contributed by atoms with E-state index in [0.717, 1.165) is 19.3 Å². The minimum atomic E-state index is -1.14. The molecule has 4 saturated carbocycles. The molecule has 3 atom stereocenters. The van der Waals surface area contributed by atoms with Gasteiger partial charge in [0.05, 0.1) is 5.41 Å². The summed E-state index contributed by atoms with van der Waals surface area (Å²) in [6.45, 7) is 5.76. The first-order valence-corrected chi connectivity index (χ1v) is 8.26. The highest BCUT2D eigenvalue weighted by Gasteiger charge is 2.59. The number of carbonyl (C=O) groups is 2. The van der Waals surface area contributed by atoms with Crippen molar-refractivity contribution in [1.29, 1.82) is 0 Å². The van der Waals surface area contributed by atoms with E-state index in [1.165, 1.54) is 19.3 Å². The number of rotatable bonds is 4. The van der Waals surface area contributed by atoms with Crippen LogP contribution in [0.4, 0.5) is 0 Å². The number of carboxylic acid groups (broad SMARTS) is 1. The summed E-state index contributed by atoms with van der Waals surface area (Å²) in [6.07, 6.45) is 7.06. The Hall–Kier alpha value is -1.06. The standard InChI is InChI=1S/C17H27NO3/c1-4-16(3,14(20)21)18-13(19)17-8-11-5-12(9-17)7-15(2,6-11)10-17/h11-12H,4-10H2,1-3H3,(H,18,19)(H,20,21). The molecule has 21 heavy (non-hydrogen) atoms. The zero-order valence-electron chi connectivity index (χ0n) is 13.4. The van der Waals surface area contributed by atoms with E-state index in [-0.39, 0.29) is 11.3 Å². The second-order valence-corrected chi connectivity index (χ2v) is 8.50. The molecule has 0 aromatic rings. The van der Waals surface area contributed by atoms with Crippen LogP contribution in [0.15, 0.2) is 0 Å². The Morgan fingerprint density at radius 3 is 2.24 bits per heavy atom. The van der Waals surface area contributed by atoms with Crippen LogP contribution in [0.5, 0.6) is 0 Å². The van der Waals surface area contributed by atoms with Crippen molar-refractivity contribution in [2.24, 2.45) is 22.7 Å². The van der Waals surface area contributed by atoms with Crippen LogP contribution in [-0.4, -0.2) is 22.5 Å². The average Bonchev–Trinajstić information content (AvgIpc) is 2.35. The van der Waals surface area contributed by atoms with Crippen LogP contribution in [0.1, 0.15) is 65.7 Å². The Bertz CT molecular complexity index is 472. The molecule has 0 aromatic heterocycles. The minimum absolute atomic E-state index is 0.00502. The molecule has 1 amide bonds. The van der Waals surface area contributed by atoms with Crippen molar-refractivity contribution < 1.29 is 14.7 Å². The summed E-state index contributed by atoms with van der Waals surface area (Å²) < 4.78 is 0. The molecule has 4 aliphatic rings. The Kier molecular flexibility index (Phi) is 3.16. The van der Waals surface area contributed by atoms with Gasteiger partial charge in [-0.25, -0.2) is 4.79 Å². The van der Waals surface area contributed by atoms with Crippen molar-refractivity contribution in [3.63, 3.8) is 0 Å². The van der Waals surface area contributed by atoms with Gasteiger partial charge in [-0.15, -0.1) is 0 Å². The van der Waals surface area contributed by atoms with E-state index >= 15 is 0 Å². The molecule has 3 unspecified atom stereocenters. The highest BCUT2D eigenvalue weighted by Crippen LogP contribution is 2.65. The van der Waals surface area contributed by atoms with Crippen molar-refractivity contribution in [2.75, 3.05) is 0 Å². The molecule has 0 saturated heterocycles. The molecular weight excluding hydrogens is 266 g/mol. The molecule has 0 heterocycles. The van der Waals surface area contributed by atoms with Gasteiger partial charge in [0, 0.05) is 0 Å². The summed E-state index contributed by atoms with van der Waals surface area (Å²) in [6, 6.07) is 0. The summed E-state index contributed by atoms with van der Waals surface area (Å²) >= 11 is 0. The fourth-order valence-corrected chi connectivity index (χ4v) is 5.66. The molecule has 0 spiro atoms. The van der Waals surface area contributed by atoms with Crippen molar-refractivity contribution in [3.8, 4) is 0 Å². The maximum absolute atomic E-state index is 12.9. The Morgan fingerprint density at radius 2 is 1.81 bits per heavy atom. The Labute approximate surface area is 126 Å². The molecule has 4 heteroatoms. The van der Waals surface area contributed by atoms with Gasteiger partial charge in [0.2, 0.25) is 5.91 Å². The predicted molar refractivity (Wildman–Crippen MR) is 79.7 cm³/mol. The van der Waals surface area contributed by atoms with Crippen LogP contribution in [0.2, 0.25) is 0 Å². The number of hydrogen-bond acceptors (Lipinski definition) is 2. The van der Waals surface area contributed by atoms with Crippen LogP contribution in [0.25, 0.3) is 0 Å². The Morgan fingerprint density at radius 1 is 1.24 bits per heavy atom. The van der Waals surface area contributed by atoms with Crippen LogP contribution < -0.4 is 5.32 Å². The molecule has 4 fully saturated rings. The molecule has 118 valence electrons. The normalized spacial score (nSPS) is 43.4. The van der Waals surface area contributed by atoms with E-state index in [2.05, 4.69) is 12.2 Å². The molecule has 0 radical (unpaired) electrons. The SMILES string of the molecule is CCC(C)(NC(=O)C12CC3CC(CC(C)(C3)C1)C2)C(=O)O. The van der Waals surface area contributed by atoms with Gasteiger partial charge in [-0.3, -0.25) is 4.79 Å². The zero-order valence-corrected chi connectivity index (χ0v) is 13.4. The minimum Gasteiger partial charge on any atom is -0.480 e. The summed E-state index contributed by atoms with van der Waals surface area (Å²) in [7, 11) is 0. The monoisotopic (exact) mass is 293 g/mol. The quantitative estimate of drug-likeness (QED) is 0.837. The average molecular weight is 293 g/mol. The highest BCUT2D eigenvalue weighted by atomic mass is 16.4. The maximum Gasteiger partial charge on any atom is 0.329 e. The van der Waals surface area contributed by atoms with E-state index in [1.54, 1.807) is 6.92 Å². The topological polar surface area (TPSA) is 66.4 Å². The van der Waals surface area contributed by atoms with Crippen LogP contribution in [0.3, 0.4) is 0 Å². The van der Waals surface area contributed by atoms with Crippen LogP contribution >= 0.6 is 0 Å². The summed E-state index contributed by atoms with van der Waals surface area (Å²) in [5.74, 6) is 0.392. The highest BCUT2D eigenvalue weighted by molar-refractivity contribution is 5.90. The number of carboxylic acids is 1. The molecule has 0 aliphatic heterocycles. The van der Waals surface area contributed by atoms with Gasteiger partial charge < -0.3 is 10.4 Å². The maximum atomic E-state index is 12.9. The van der Waals surface area contributed by atoms with E-state index in [4.69, 9.17) is 0 Å². The van der Waals surface area contributed by atoms with Gasteiger partial charge in [0.1, 0.15) is 5.54 Å². The lowest BCUT2D eigenvalue weighted by Gasteiger charge is -2.60. The second kappa shape index (κ2) is 4.47. The van der Waals surface area contributed by atoms with E-state index in [1.807, 2.05) is 6.92 Å². The summed E-state index contributed by atoms with van der Waals surface area (Å²) in [5, 5.41) is 12.3. The van der Waals surface area contributed by atoms with Crippen molar-refractivity contribution in [2.45, 2.75) is 71.3 Å². The van der Waals surface area contributed by atoms with Crippen molar-refractivity contribution in [3.05, 3.63) is 0 Å². The van der Waals surface area contributed by atoms with Gasteiger partial charge in [0.25, 0.3) is 0 Å². The first kappa shape index (κ1) is 14.9. The van der Waals surface area contributed by atoms with Crippen LogP contribution in [-0.2, 0) is 9.59 Å². The largest absolute Gasteiger partial charge is 0.480 e. The Balaban J connectivity index is 1.83. The van der Waals surface area contributed by atoms with Crippen molar-refractivity contribution in [1.82, 2.24) is 5.32 Å². The summed E-state index contributed by atoms with van der Waals surface area (Å²) in [4.78, 5) is 24.4. The predicted octanol–water partition coefficient (Wildman–Crippen LogP) is 2.96. The number of carbonyl (C=O) groups excluding carboxylic acids is 1. The molecule has 2 N–H and O–H groups in total. The lowest BCUT2D eigenvalue weighted by molar-refractivity contribution is -0.161. The van der Waals surface area contributed by atoms with Gasteiger partial charge in [-0.05, 0) is 69.1 Å². The molecular formula is C17H27NO3. The third-order valence-electron chi connectivity index (χ3n) is 6.40. The molecule has 4 nitrogen and oxygen atoms in total. The molecule has 4 aliphatic carbocycles. The number of aliphatic carboxylic acids is 1. The van der Waals surface area contributed by atoms with Gasteiger partial charge in [-0.1, -0.05) is 13.8 Å². The van der Waals surface area contributed by atoms with Crippen molar-refractivity contribution >= 4 is 11.9 Å². The van der Waals surface area contributed by atoms with Crippen LogP contribution in [0, 0.1) is 22.7 Å². The fraction of sp³-hybridized carbons (Fsp3) is 0.882. The summed E-state index contributed by atoms with van der Waals surface area (Å²) in [5.41, 5.74) is -1.14. The van der Waals surface area contributed by atoms with E-state index < -0.39 is 11.5 Å². The second-order valence-electron chi connectivity index (χ2n) is 8.50. The van der Waals surface area contributed by atoms with Gasteiger partial charge in [0.15, 0.2) is 0 Å². The first-order chi connectivity index (χ1) is 9.70. The van der Waals surface area contributed by atoms with E-state index in [9.17, 15) is 14.7 Å². The number of amides is 1. The van der Waals surface area contributed by atoms with Gasteiger partial charge in [-0.2, -0.15) is 0 Å². The smallest absolute Gasteiger partial charge is 0.329 e. The fourth-order valence-electron chi connectivity index (χ4n) is 5.66. The zero-order chi connectivity index (χ0) is 15.5. The van der Waals surface area contributed by atoms with Gasteiger partial charge >= 0.3 is 5.97 Å². The molecule has 0 aromatic carbocycles.